The van der Waals surface area contributed by atoms with Crippen LogP contribution in [0.1, 0.15) is 42.0 Å². The van der Waals surface area contributed by atoms with E-state index in [2.05, 4.69) is 16.4 Å². The van der Waals surface area contributed by atoms with E-state index in [1.165, 1.54) is 42.5 Å². The molecule has 0 saturated heterocycles. The van der Waals surface area contributed by atoms with Crippen LogP contribution in [0.2, 0.25) is 0 Å². The fraction of sp³-hybridized carbons (Fsp3) is 0.562. The van der Waals surface area contributed by atoms with E-state index in [1.54, 1.807) is 4.88 Å². The van der Waals surface area contributed by atoms with Crippen LogP contribution >= 0.6 is 11.3 Å². The molecule has 2 heterocycles. The average molecular weight is 288 g/mol. The molecule has 1 N–H and O–H groups in total. The molecule has 4 heteroatoms. The fourth-order valence-corrected chi connectivity index (χ4v) is 4.02. The maximum absolute atomic E-state index is 5.90. The molecule has 0 atom stereocenters. The van der Waals surface area contributed by atoms with Gasteiger partial charge in [0, 0.05) is 17.3 Å². The van der Waals surface area contributed by atoms with Gasteiger partial charge in [-0.05, 0) is 56.7 Å². The van der Waals surface area contributed by atoms with Crippen molar-refractivity contribution in [1.29, 1.82) is 0 Å². The topological polar surface area (TPSA) is 38.1 Å². The van der Waals surface area contributed by atoms with Crippen molar-refractivity contribution in [3.8, 4) is 10.6 Å². The molecule has 0 bridgehead atoms. The Labute approximate surface area is 123 Å². The second-order valence-electron chi connectivity index (χ2n) is 5.86. The van der Waals surface area contributed by atoms with Crippen LogP contribution in [0.5, 0.6) is 0 Å². The van der Waals surface area contributed by atoms with Crippen molar-refractivity contribution < 1.29 is 4.42 Å². The van der Waals surface area contributed by atoms with Crippen molar-refractivity contribution in [2.75, 3.05) is 6.54 Å². The van der Waals surface area contributed by atoms with E-state index in [1.807, 2.05) is 17.5 Å². The van der Waals surface area contributed by atoms with Gasteiger partial charge in [0.25, 0.3) is 0 Å². The second-order valence-corrected chi connectivity index (χ2v) is 7.00. The molecule has 0 aliphatic heterocycles. The van der Waals surface area contributed by atoms with E-state index in [9.17, 15) is 0 Å². The van der Waals surface area contributed by atoms with E-state index < -0.39 is 0 Å². The van der Waals surface area contributed by atoms with Gasteiger partial charge in [0.2, 0.25) is 0 Å². The molecule has 4 rings (SSSR count). The summed E-state index contributed by atoms with van der Waals surface area (Å²) in [6, 6.07) is 3.09. The minimum atomic E-state index is 0.795. The van der Waals surface area contributed by atoms with Crippen LogP contribution in [0.15, 0.2) is 16.7 Å². The van der Waals surface area contributed by atoms with Crippen LogP contribution in [-0.4, -0.2) is 17.6 Å². The molecular formula is C16H20N2OS. The van der Waals surface area contributed by atoms with Gasteiger partial charge in [0.1, 0.15) is 0 Å². The molecule has 1 saturated carbocycles. The van der Waals surface area contributed by atoms with Crippen molar-refractivity contribution in [1.82, 2.24) is 10.3 Å². The summed E-state index contributed by atoms with van der Waals surface area (Å²) < 4.78 is 5.90. The molecule has 2 aromatic rings. The number of oxazole rings is 1. The summed E-state index contributed by atoms with van der Waals surface area (Å²) in [4.78, 5) is 7.22. The number of hydrogen-bond acceptors (Lipinski definition) is 4. The maximum Gasteiger partial charge on any atom is 0.194 e. The van der Waals surface area contributed by atoms with Crippen molar-refractivity contribution in [3.05, 3.63) is 28.6 Å². The Morgan fingerprint density at radius 3 is 3.15 bits per heavy atom. The van der Waals surface area contributed by atoms with E-state index in [0.717, 1.165) is 37.1 Å². The van der Waals surface area contributed by atoms with Crippen molar-refractivity contribution >= 4 is 11.3 Å². The molecule has 0 unspecified atom stereocenters. The van der Waals surface area contributed by atoms with E-state index in [0.29, 0.717) is 0 Å². The summed E-state index contributed by atoms with van der Waals surface area (Å²) in [5, 5.41) is 3.52. The normalized spacial score (nSPS) is 17.6. The highest BCUT2D eigenvalue weighted by Crippen LogP contribution is 2.36. The van der Waals surface area contributed by atoms with Gasteiger partial charge in [-0.25, -0.2) is 4.98 Å². The average Bonchev–Trinajstić information content (AvgIpc) is 2.86. The zero-order valence-corrected chi connectivity index (χ0v) is 12.5. The lowest BCUT2D eigenvalue weighted by Crippen LogP contribution is -2.17. The standard InChI is InChI=1S/C16H20N2OS/c1-3-11-9-15(20-14(11)4-1)13-10-18-16(19-13)5-2-8-17-12-6-7-12/h9-10,12,17H,1-8H2. The third kappa shape index (κ3) is 2.67. The number of aromatic nitrogens is 1. The maximum atomic E-state index is 5.90. The lowest BCUT2D eigenvalue weighted by atomic mass is 10.2. The van der Waals surface area contributed by atoms with Gasteiger partial charge in [0.15, 0.2) is 11.7 Å². The number of hydrogen-bond donors (Lipinski definition) is 1. The highest BCUT2D eigenvalue weighted by Gasteiger charge is 2.20. The Hall–Kier alpha value is -1.13. The summed E-state index contributed by atoms with van der Waals surface area (Å²) in [6.45, 7) is 1.08. The van der Waals surface area contributed by atoms with Crippen LogP contribution in [0.4, 0.5) is 0 Å². The first-order valence-corrected chi connectivity index (χ1v) is 8.50. The molecule has 20 heavy (non-hydrogen) atoms. The van der Waals surface area contributed by atoms with Crippen LogP contribution in [0.3, 0.4) is 0 Å². The van der Waals surface area contributed by atoms with Crippen LogP contribution in [0, 0.1) is 0 Å². The zero-order chi connectivity index (χ0) is 13.4. The highest BCUT2D eigenvalue weighted by molar-refractivity contribution is 7.15. The van der Waals surface area contributed by atoms with Gasteiger partial charge in [-0.15, -0.1) is 11.3 Å². The molecule has 3 nitrogen and oxygen atoms in total. The van der Waals surface area contributed by atoms with Crippen LogP contribution in [0.25, 0.3) is 10.6 Å². The minimum Gasteiger partial charge on any atom is -0.440 e. The first-order valence-electron chi connectivity index (χ1n) is 7.68. The SMILES string of the molecule is c1nc(CCCNC2CC2)oc1-c1cc2c(s1)CCC2. The molecular weight excluding hydrogens is 268 g/mol. The van der Waals surface area contributed by atoms with E-state index in [4.69, 9.17) is 4.42 Å². The molecule has 2 aliphatic rings. The first-order chi connectivity index (χ1) is 9.88. The summed E-state index contributed by atoms with van der Waals surface area (Å²) in [5.74, 6) is 1.83. The van der Waals surface area contributed by atoms with Crippen molar-refractivity contribution in [3.63, 3.8) is 0 Å². The number of nitrogens with one attached hydrogen (secondary N) is 1. The largest absolute Gasteiger partial charge is 0.440 e. The lowest BCUT2D eigenvalue weighted by Gasteiger charge is -1.99. The Balaban J connectivity index is 1.36. The molecule has 2 aliphatic carbocycles. The van der Waals surface area contributed by atoms with Crippen LogP contribution < -0.4 is 5.32 Å². The molecule has 1 fully saturated rings. The second kappa shape index (κ2) is 5.34. The third-order valence-electron chi connectivity index (χ3n) is 4.12. The third-order valence-corrected chi connectivity index (χ3v) is 5.37. The zero-order valence-electron chi connectivity index (χ0n) is 11.7. The monoisotopic (exact) mass is 288 g/mol. The Bertz CT molecular complexity index is 576. The van der Waals surface area contributed by atoms with E-state index >= 15 is 0 Å². The highest BCUT2D eigenvalue weighted by atomic mass is 32.1. The van der Waals surface area contributed by atoms with E-state index in [-0.39, 0.29) is 0 Å². The fourth-order valence-electron chi connectivity index (χ4n) is 2.82. The summed E-state index contributed by atoms with van der Waals surface area (Å²) >= 11 is 1.88. The summed E-state index contributed by atoms with van der Waals surface area (Å²) in [5.41, 5.74) is 1.52. The summed E-state index contributed by atoms with van der Waals surface area (Å²) in [7, 11) is 0. The minimum absolute atomic E-state index is 0.795. The molecule has 106 valence electrons. The van der Waals surface area contributed by atoms with Gasteiger partial charge in [-0.1, -0.05) is 0 Å². The number of thiophene rings is 1. The molecule has 2 aromatic heterocycles. The quantitative estimate of drug-likeness (QED) is 0.826. The number of nitrogens with zero attached hydrogens (tertiary/aromatic N) is 1. The Morgan fingerprint density at radius 1 is 1.35 bits per heavy atom. The number of aryl methyl sites for hydroxylation is 3. The van der Waals surface area contributed by atoms with Gasteiger partial charge in [0.05, 0.1) is 11.1 Å². The molecule has 0 radical (unpaired) electrons. The van der Waals surface area contributed by atoms with Crippen molar-refractivity contribution in [2.45, 2.75) is 51.0 Å². The number of fused-ring (bicyclic) bond motifs is 1. The van der Waals surface area contributed by atoms with Crippen molar-refractivity contribution in [2.24, 2.45) is 0 Å². The van der Waals surface area contributed by atoms with Gasteiger partial charge < -0.3 is 9.73 Å². The van der Waals surface area contributed by atoms with Gasteiger partial charge in [-0.2, -0.15) is 0 Å². The predicted octanol–water partition coefficient (Wildman–Crippen LogP) is 3.58. The first kappa shape index (κ1) is 12.6. The number of rotatable bonds is 6. The molecule has 0 aromatic carbocycles. The lowest BCUT2D eigenvalue weighted by molar-refractivity contribution is 0.492. The Morgan fingerprint density at radius 2 is 2.30 bits per heavy atom. The van der Waals surface area contributed by atoms with Gasteiger partial charge >= 0.3 is 0 Å². The smallest absolute Gasteiger partial charge is 0.194 e. The van der Waals surface area contributed by atoms with Gasteiger partial charge in [-0.3, -0.25) is 0 Å². The summed E-state index contributed by atoms with van der Waals surface area (Å²) in [6.07, 6.45) is 10.4. The Kier molecular flexibility index (Phi) is 3.36. The molecule has 0 amide bonds. The molecule has 0 spiro atoms. The predicted molar refractivity (Wildman–Crippen MR) is 81.2 cm³/mol. The van der Waals surface area contributed by atoms with Crippen LogP contribution in [-0.2, 0) is 19.3 Å².